The number of anilines is 1. The van der Waals surface area contributed by atoms with E-state index in [2.05, 4.69) is 19.2 Å². The van der Waals surface area contributed by atoms with Crippen LogP contribution in [-0.2, 0) is 9.59 Å². The van der Waals surface area contributed by atoms with Crippen molar-refractivity contribution in [2.24, 2.45) is 11.3 Å². The fourth-order valence-corrected chi connectivity index (χ4v) is 2.82. The molecule has 2 rings (SSSR count). The van der Waals surface area contributed by atoms with Crippen molar-refractivity contribution >= 4 is 17.6 Å². The van der Waals surface area contributed by atoms with Gasteiger partial charge in [0.15, 0.2) is 6.61 Å². The number of carbonyl (C=O) groups is 2. The minimum absolute atomic E-state index is 0.0421. The molecule has 1 amide bonds. The number of hydrogen-bond donors (Lipinski definition) is 2. The molecule has 1 atom stereocenters. The molecule has 0 bridgehead atoms. The maximum atomic E-state index is 12.3. The molecule has 5 nitrogen and oxygen atoms in total. The average molecular weight is 291 g/mol. The SMILES string of the molecule is CC1(C)CCCC1C(=O)Nc1ccc(OCC(=O)O)cc1. The third-order valence-electron chi connectivity index (χ3n) is 4.06. The van der Waals surface area contributed by atoms with Gasteiger partial charge in [0.05, 0.1) is 0 Å². The van der Waals surface area contributed by atoms with Crippen LogP contribution < -0.4 is 10.1 Å². The van der Waals surface area contributed by atoms with Gasteiger partial charge < -0.3 is 15.2 Å². The van der Waals surface area contributed by atoms with Gasteiger partial charge in [0, 0.05) is 11.6 Å². The first kappa shape index (κ1) is 15.4. The predicted molar refractivity (Wildman–Crippen MR) is 79.3 cm³/mol. The normalized spacial score (nSPS) is 20.0. The maximum absolute atomic E-state index is 12.3. The van der Waals surface area contributed by atoms with Gasteiger partial charge >= 0.3 is 5.97 Å². The molecule has 1 aromatic rings. The molecule has 0 heterocycles. The van der Waals surface area contributed by atoms with Gasteiger partial charge in [0.25, 0.3) is 0 Å². The van der Waals surface area contributed by atoms with Gasteiger partial charge in [-0.1, -0.05) is 20.3 Å². The minimum Gasteiger partial charge on any atom is -0.482 e. The minimum atomic E-state index is -1.02. The zero-order chi connectivity index (χ0) is 15.5. The van der Waals surface area contributed by atoms with Crippen LogP contribution >= 0.6 is 0 Å². The lowest BCUT2D eigenvalue weighted by atomic mass is 9.81. The second kappa shape index (κ2) is 6.16. The Balaban J connectivity index is 1.94. The van der Waals surface area contributed by atoms with Crippen molar-refractivity contribution in [2.45, 2.75) is 33.1 Å². The summed E-state index contributed by atoms with van der Waals surface area (Å²) in [7, 11) is 0. The van der Waals surface area contributed by atoms with Crippen molar-refractivity contribution in [3.63, 3.8) is 0 Å². The van der Waals surface area contributed by atoms with E-state index >= 15 is 0 Å². The number of aliphatic carboxylic acids is 1. The van der Waals surface area contributed by atoms with E-state index in [9.17, 15) is 9.59 Å². The number of ether oxygens (including phenoxy) is 1. The number of carbonyl (C=O) groups excluding carboxylic acids is 1. The molecule has 5 heteroatoms. The molecule has 0 radical (unpaired) electrons. The van der Waals surface area contributed by atoms with E-state index in [-0.39, 0.29) is 23.8 Å². The van der Waals surface area contributed by atoms with Gasteiger partial charge in [0.1, 0.15) is 5.75 Å². The lowest BCUT2D eigenvalue weighted by Crippen LogP contribution is -2.30. The number of rotatable bonds is 5. The van der Waals surface area contributed by atoms with Crippen LogP contribution in [0.1, 0.15) is 33.1 Å². The third kappa shape index (κ3) is 3.97. The van der Waals surface area contributed by atoms with E-state index in [0.29, 0.717) is 11.4 Å². The molecule has 1 aliphatic carbocycles. The van der Waals surface area contributed by atoms with E-state index in [0.717, 1.165) is 19.3 Å². The van der Waals surface area contributed by atoms with Crippen LogP contribution in [0.25, 0.3) is 0 Å². The van der Waals surface area contributed by atoms with E-state index in [1.807, 2.05) is 0 Å². The summed E-state index contributed by atoms with van der Waals surface area (Å²) in [4.78, 5) is 22.7. The molecule has 1 fully saturated rings. The summed E-state index contributed by atoms with van der Waals surface area (Å²) in [5.41, 5.74) is 0.750. The zero-order valence-corrected chi connectivity index (χ0v) is 12.4. The molecule has 0 aromatic heterocycles. The van der Waals surface area contributed by atoms with Gasteiger partial charge in [0.2, 0.25) is 5.91 Å². The molecule has 1 saturated carbocycles. The summed E-state index contributed by atoms with van der Waals surface area (Å²) in [5.74, 6) is -0.454. The molecule has 1 unspecified atom stereocenters. The highest BCUT2D eigenvalue weighted by Gasteiger charge is 2.39. The Morgan fingerprint density at radius 1 is 1.33 bits per heavy atom. The molecule has 0 aliphatic heterocycles. The second-order valence-corrected chi connectivity index (χ2v) is 6.13. The van der Waals surface area contributed by atoms with Gasteiger partial charge in [-0.3, -0.25) is 4.79 Å². The number of benzene rings is 1. The van der Waals surface area contributed by atoms with Gasteiger partial charge in [-0.2, -0.15) is 0 Å². The van der Waals surface area contributed by atoms with Crippen LogP contribution in [0.15, 0.2) is 24.3 Å². The number of carboxylic acids is 1. The maximum Gasteiger partial charge on any atom is 0.341 e. The van der Waals surface area contributed by atoms with Crippen LogP contribution in [0.5, 0.6) is 5.75 Å². The van der Waals surface area contributed by atoms with Crippen molar-refractivity contribution in [3.05, 3.63) is 24.3 Å². The molecule has 21 heavy (non-hydrogen) atoms. The molecule has 1 aromatic carbocycles. The first-order valence-electron chi connectivity index (χ1n) is 7.14. The van der Waals surface area contributed by atoms with Crippen LogP contribution in [0.4, 0.5) is 5.69 Å². The number of hydrogen-bond acceptors (Lipinski definition) is 3. The Kier molecular flexibility index (Phi) is 4.50. The topological polar surface area (TPSA) is 75.6 Å². The molecule has 0 spiro atoms. The molecule has 1 aliphatic rings. The Bertz CT molecular complexity index is 522. The lowest BCUT2D eigenvalue weighted by molar-refractivity contribution is -0.139. The van der Waals surface area contributed by atoms with E-state index in [1.165, 1.54) is 0 Å². The summed E-state index contributed by atoms with van der Waals surface area (Å²) in [6, 6.07) is 6.74. The predicted octanol–water partition coefficient (Wildman–Crippen LogP) is 2.91. The van der Waals surface area contributed by atoms with Crippen molar-refractivity contribution in [1.82, 2.24) is 0 Å². The number of nitrogens with one attached hydrogen (secondary N) is 1. The number of amides is 1. The van der Waals surface area contributed by atoms with Crippen molar-refractivity contribution in [1.29, 1.82) is 0 Å². The quantitative estimate of drug-likeness (QED) is 0.874. The highest BCUT2D eigenvalue weighted by molar-refractivity contribution is 5.93. The first-order valence-corrected chi connectivity index (χ1v) is 7.14. The third-order valence-corrected chi connectivity index (χ3v) is 4.06. The summed E-state index contributed by atoms with van der Waals surface area (Å²) in [5, 5.41) is 11.5. The van der Waals surface area contributed by atoms with Crippen LogP contribution in [-0.4, -0.2) is 23.6 Å². The van der Waals surface area contributed by atoms with Crippen LogP contribution in [0.3, 0.4) is 0 Å². The fourth-order valence-electron chi connectivity index (χ4n) is 2.82. The van der Waals surface area contributed by atoms with Crippen molar-refractivity contribution < 1.29 is 19.4 Å². The van der Waals surface area contributed by atoms with Gasteiger partial charge in [-0.05, 0) is 42.5 Å². The average Bonchev–Trinajstić information content (AvgIpc) is 2.77. The fraction of sp³-hybridized carbons (Fsp3) is 0.500. The Morgan fingerprint density at radius 2 is 2.00 bits per heavy atom. The Labute approximate surface area is 124 Å². The summed E-state index contributed by atoms with van der Waals surface area (Å²) >= 11 is 0. The summed E-state index contributed by atoms with van der Waals surface area (Å²) in [6.45, 7) is 3.89. The standard InChI is InChI=1S/C16H21NO4/c1-16(2)9-3-4-13(16)15(20)17-11-5-7-12(8-6-11)21-10-14(18)19/h5-8,13H,3-4,9-10H2,1-2H3,(H,17,20)(H,18,19). The molecular weight excluding hydrogens is 270 g/mol. The highest BCUT2D eigenvalue weighted by atomic mass is 16.5. The van der Waals surface area contributed by atoms with Gasteiger partial charge in [-0.25, -0.2) is 4.79 Å². The molecule has 2 N–H and O–H groups in total. The largest absolute Gasteiger partial charge is 0.482 e. The Hall–Kier alpha value is -2.04. The van der Waals surface area contributed by atoms with Crippen molar-refractivity contribution in [3.8, 4) is 5.75 Å². The molecular formula is C16H21NO4. The van der Waals surface area contributed by atoms with Crippen molar-refractivity contribution in [2.75, 3.05) is 11.9 Å². The van der Waals surface area contributed by atoms with Gasteiger partial charge in [-0.15, -0.1) is 0 Å². The van der Waals surface area contributed by atoms with E-state index in [4.69, 9.17) is 9.84 Å². The second-order valence-electron chi connectivity index (χ2n) is 6.13. The first-order chi connectivity index (χ1) is 9.88. The molecule has 0 saturated heterocycles. The summed E-state index contributed by atoms with van der Waals surface area (Å²) < 4.78 is 5.05. The number of carboxylic acid groups (broad SMARTS) is 1. The van der Waals surface area contributed by atoms with Crippen LogP contribution in [0, 0.1) is 11.3 Å². The van der Waals surface area contributed by atoms with E-state index < -0.39 is 5.97 Å². The van der Waals surface area contributed by atoms with Crippen LogP contribution in [0.2, 0.25) is 0 Å². The Morgan fingerprint density at radius 3 is 2.52 bits per heavy atom. The molecule has 114 valence electrons. The zero-order valence-electron chi connectivity index (χ0n) is 12.4. The van der Waals surface area contributed by atoms with E-state index in [1.54, 1.807) is 24.3 Å². The highest BCUT2D eigenvalue weighted by Crippen LogP contribution is 2.43. The lowest BCUT2D eigenvalue weighted by Gasteiger charge is -2.25. The summed E-state index contributed by atoms with van der Waals surface area (Å²) in [6.07, 6.45) is 3.10. The smallest absolute Gasteiger partial charge is 0.341 e. The monoisotopic (exact) mass is 291 g/mol.